The average Bonchev–Trinajstić information content (AvgIpc) is 3.07. The zero-order valence-electron chi connectivity index (χ0n) is 10.9. The Kier molecular flexibility index (Phi) is 4.40. The molecule has 1 aromatic rings. The summed E-state index contributed by atoms with van der Waals surface area (Å²) < 4.78 is 23.9. The van der Waals surface area contributed by atoms with E-state index in [1.165, 1.54) is 12.8 Å². The van der Waals surface area contributed by atoms with Gasteiger partial charge in [0, 0.05) is 6.04 Å². The Morgan fingerprint density at radius 1 is 1.33 bits per heavy atom. The second-order valence-electron chi connectivity index (χ2n) is 5.16. The number of nitrogens with one attached hydrogen (secondary N) is 1. The third-order valence-corrected chi connectivity index (χ3v) is 4.80. The third-order valence-electron chi connectivity index (χ3n) is 3.11. The van der Waals surface area contributed by atoms with E-state index in [-0.39, 0.29) is 11.5 Å². The molecule has 1 fully saturated rings. The van der Waals surface area contributed by atoms with E-state index in [4.69, 9.17) is 0 Å². The first kappa shape index (κ1) is 13.6. The number of rotatable bonds is 7. The summed E-state index contributed by atoms with van der Waals surface area (Å²) in [5.74, 6) is 0.443. The monoisotopic (exact) mass is 267 g/mol. The Labute approximate surface area is 110 Å². The van der Waals surface area contributed by atoms with E-state index >= 15 is 0 Å². The summed E-state index contributed by atoms with van der Waals surface area (Å²) in [4.78, 5) is 0. The molecule has 1 N–H and O–H groups in total. The molecule has 3 nitrogen and oxygen atoms in total. The molecule has 0 spiro atoms. The van der Waals surface area contributed by atoms with Gasteiger partial charge in [-0.2, -0.15) is 0 Å². The van der Waals surface area contributed by atoms with Gasteiger partial charge in [-0.3, -0.25) is 0 Å². The Morgan fingerprint density at radius 2 is 2.11 bits per heavy atom. The quantitative estimate of drug-likeness (QED) is 0.769. The molecule has 1 aromatic carbocycles. The van der Waals surface area contributed by atoms with Crippen molar-refractivity contribution in [3.8, 4) is 0 Å². The van der Waals surface area contributed by atoms with Crippen LogP contribution in [0.4, 0.5) is 0 Å². The van der Waals surface area contributed by atoms with Gasteiger partial charge in [0.15, 0.2) is 9.84 Å². The highest BCUT2D eigenvalue weighted by atomic mass is 32.2. The Balaban J connectivity index is 1.78. The fraction of sp³-hybridized carbons (Fsp3) is 0.571. The molecule has 0 amide bonds. The second kappa shape index (κ2) is 5.85. The molecule has 18 heavy (non-hydrogen) atoms. The van der Waals surface area contributed by atoms with Gasteiger partial charge in [0.2, 0.25) is 0 Å². The molecule has 1 saturated carbocycles. The maximum absolute atomic E-state index is 11.9. The molecule has 0 heterocycles. The third kappa shape index (κ3) is 4.78. The fourth-order valence-electron chi connectivity index (χ4n) is 2.01. The van der Waals surface area contributed by atoms with Crippen LogP contribution in [0.15, 0.2) is 24.3 Å². The van der Waals surface area contributed by atoms with Gasteiger partial charge in [0.05, 0.1) is 11.5 Å². The topological polar surface area (TPSA) is 46.2 Å². The van der Waals surface area contributed by atoms with E-state index in [1.807, 2.05) is 31.2 Å². The van der Waals surface area contributed by atoms with Crippen LogP contribution in [0.3, 0.4) is 0 Å². The normalized spacial score (nSPS) is 15.8. The number of hydrogen-bond acceptors (Lipinski definition) is 3. The molecular formula is C14H21NO2S. The zero-order valence-corrected chi connectivity index (χ0v) is 11.7. The summed E-state index contributed by atoms with van der Waals surface area (Å²) in [6.07, 6.45) is 3.21. The van der Waals surface area contributed by atoms with E-state index in [9.17, 15) is 8.42 Å². The molecular weight excluding hydrogens is 246 g/mol. The maximum atomic E-state index is 11.9. The Bertz CT molecular complexity index is 492. The zero-order chi connectivity index (χ0) is 13.0. The van der Waals surface area contributed by atoms with Crippen LogP contribution in [0, 0.1) is 6.92 Å². The Hall–Kier alpha value is -0.870. The predicted molar refractivity (Wildman–Crippen MR) is 74.3 cm³/mol. The molecule has 1 aliphatic rings. The van der Waals surface area contributed by atoms with Crippen molar-refractivity contribution in [2.75, 3.05) is 12.3 Å². The number of aryl methyl sites for hydroxylation is 1. The van der Waals surface area contributed by atoms with E-state index in [0.29, 0.717) is 12.5 Å². The van der Waals surface area contributed by atoms with E-state index in [0.717, 1.165) is 17.7 Å². The van der Waals surface area contributed by atoms with Crippen molar-refractivity contribution in [1.82, 2.24) is 5.32 Å². The van der Waals surface area contributed by atoms with Gasteiger partial charge < -0.3 is 5.32 Å². The molecule has 0 bridgehead atoms. The summed E-state index contributed by atoms with van der Waals surface area (Å²) >= 11 is 0. The number of sulfone groups is 1. The van der Waals surface area contributed by atoms with E-state index in [1.54, 1.807) is 0 Å². The van der Waals surface area contributed by atoms with Crippen LogP contribution in [0.2, 0.25) is 0 Å². The van der Waals surface area contributed by atoms with Crippen molar-refractivity contribution in [2.45, 2.75) is 38.0 Å². The van der Waals surface area contributed by atoms with Crippen LogP contribution >= 0.6 is 0 Å². The SMILES string of the molecule is Cc1cccc(CS(=O)(=O)CCCNC2CC2)c1. The van der Waals surface area contributed by atoms with Crippen molar-refractivity contribution in [1.29, 1.82) is 0 Å². The lowest BCUT2D eigenvalue weighted by atomic mass is 10.2. The first-order valence-corrected chi connectivity index (χ1v) is 8.37. The molecule has 0 aromatic heterocycles. The fourth-order valence-corrected chi connectivity index (χ4v) is 3.43. The second-order valence-corrected chi connectivity index (χ2v) is 7.35. The van der Waals surface area contributed by atoms with Gasteiger partial charge in [-0.25, -0.2) is 8.42 Å². The van der Waals surface area contributed by atoms with E-state index < -0.39 is 9.84 Å². The summed E-state index contributed by atoms with van der Waals surface area (Å²) in [7, 11) is -2.97. The molecule has 0 atom stereocenters. The van der Waals surface area contributed by atoms with Crippen LogP contribution in [0.5, 0.6) is 0 Å². The summed E-state index contributed by atoms with van der Waals surface area (Å²) in [6, 6.07) is 8.38. The molecule has 0 radical (unpaired) electrons. The maximum Gasteiger partial charge on any atom is 0.154 e. The molecule has 0 unspecified atom stereocenters. The van der Waals surface area contributed by atoms with E-state index in [2.05, 4.69) is 5.32 Å². The van der Waals surface area contributed by atoms with Crippen LogP contribution in [-0.2, 0) is 15.6 Å². The average molecular weight is 267 g/mol. The molecule has 4 heteroatoms. The lowest BCUT2D eigenvalue weighted by Gasteiger charge is -2.06. The van der Waals surface area contributed by atoms with Crippen LogP contribution in [0.1, 0.15) is 30.4 Å². The number of benzene rings is 1. The molecule has 100 valence electrons. The Morgan fingerprint density at radius 3 is 2.78 bits per heavy atom. The smallest absolute Gasteiger partial charge is 0.154 e. The highest BCUT2D eigenvalue weighted by molar-refractivity contribution is 7.90. The minimum absolute atomic E-state index is 0.165. The first-order valence-electron chi connectivity index (χ1n) is 6.54. The van der Waals surface area contributed by atoms with Gasteiger partial charge >= 0.3 is 0 Å². The predicted octanol–water partition coefficient (Wildman–Crippen LogP) is 2.05. The van der Waals surface area contributed by atoms with Crippen molar-refractivity contribution < 1.29 is 8.42 Å². The van der Waals surface area contributed by atoms with Crippen molar-refractivity contribution in [3.05, 3.63) is 35.4 Å². The number of hydrogen-bond donors (Lipinski definition) is 1. The lowest BCUT2D eigenvalue weighted by Crippen LogP contribution is -2.21. The summed E-state index contributed by atoms with van der Waals surface area (Å²) in [5.41, 5.74) is 2.00. The highest BCUT2D eigenvalue weighted by Gasteiger charge is 2.20. The summed E-state index contributed by atoms with van der Waals surface area (Å²) in [6.45, 7) is 2.80. The lowest BCUT2D eigenvalue weighted by molar-refractivity contribution is 0.587. The van der Waals surface area contributed by atoms with Crippen molar-refractivity contribution in [2.24, 2.45) is 0 Å². The van der Waals surface area contributed by atoms with Crippen molar-refractivity contribution in [3.63, 3.8) is 0 Å². The molecule has 2 rings (SSSR count). The van der Waals surface area contributed by atoms with Gasteiger partial charge in [0.25, 0.3) is 0 Å². The van der Waals surface area contributed by atoms with Gasteiger partial charge in [-0.1, -0.05) is 29.8 Å². The molecule has 0 saturated heterocycles. The highest BCUT2D eigenvalue weighted by Crippen LogP contribution is 2.18. The van der Waals surface area contributed by atoms with Crippen LogP contribution in [0.25, 0.3) is 0 Å². The van der Waals surface area contributed by atoms with Crippen LogP contribution in [-0.4, -0.2) is 26.8 Å². The first-order chi connectivity index (χ1) is 8.55. The molecule has 1 aliphatic carbocycles. The molecule has 0 aliphatic heterocycles. The van der Waals surface area contributed by atoms with Gasteiger partial charge in [0.1, 0.15) is 0 Å². The minimum Gasteiger partial charge on any atom is -0.314 e. The largest absolute Gasteiger partial charge is 0.314 e. The van der Waals surface area contributed by atoms with Crippen molar-refractivity contribution >= 4 is 9.84 Å². The van der Waals surface area contributed by atoms with Gasteiger partial charge in [-0.15, -0.1) is 0 Å². The minimum atomic E-state index is -2.97. The van der Waals surface area contributed by atoms with Gasteiger partial charge in [-0.05, 0) is 38.3 Å². The standard InChI is InChI=1S/C14H21NO2S/c1-12-4-2-5-13(10-12)11-18(16,17)9-3-8-15-14-6-7-14/h2,4-5,10,14-15H,3,6-9,11H2,1H3. The van der Waals surface area contributed by atoms with Crippen LogP contribution < -0.4 is 5.32 Å². The summed E-state index contributed by atoms with van der Waals surface area (Å²) in [5, 5.41) is 3.34.